The summed E-state index contributed by atoms with van der Waals surface area (Å²) in [6.45, 7) is -0.215. The Balaban J connectivity index is 1.40. The minimum Gasteiger partial charge on any atom is -0.495 e. The van der Waals surface area contributed by atoms with E-state index in [0.717, 1.165) is 66.6 Å². The summed E-state index contributed by atoms with van der Waals surface area (Å²) in [4.78, 5) is 23.6. The van der Waals surface area contributed by atoms with Crippen LogP contribution in [0.3, 0.4) is 0 Å². The number of rotatable bonds is 16. The third-order valence-electron chi connectivity index (χ3n) is 11.1. The SMILES string of the molecule is COc1ccccc1NC(c1ccc(CO)cc1)C(C(=O)C(c1c[nH]c2ccccc12)C(Nc1ccccc1OC)c1ccc(CO)cc1)c1c[nH]c2ccccc12. The molecule has 9 nitrogen and oxygen atoms in total. The Bertz CT molecular complexity index is 2450. The first-order chi connectivity index (χ1) is 28.5. The van der Waals surface area contributed by atoms with E-state index in [2.05, 4.69) is 32.7 Å². The van der Waals surface area contributed by atoms with E-state index in [0.29, 0.717) is 11.5 Å². The quantitative estimate of drug-likeness (QED) is 0.0577. The molecule has 0 bridgehead atoms. The normalized spacial score (nSPS) is 13.4. The van der Waals surface area contributed by atoms with Crippen molar-refractivity contribution in [1.82, 2.24) is 9.97 Å². The van der Waals surface area contributed by atoms with Gasteiger partial charge in [-0.15, -0.1) is 0 Å². The van der Waals surface area contributed by atoms with Crippen molar-refractivity contribution in [3.63, 3.8) is 0 Å². The van der Waals surface area contributed by atoms with Crippen molar-refractivity contribution in [2.24, 2.45) is 0 Å². The van der Waals surface area contributed by atoms with E-state index < -0.39 is 23.9 Å². The van der Waals surface area contributed by atoms with Gasteiger partial charge in [0, 0.05) is 34.2 Å². The predicted molar refractivity (Wildman–Crippen MR) is 231 cm³/mol. The number of benzene rings is 6. The number of aliphatic hydroxyl groups is 2. The summed E-state index contributed by atoms with van der Waals surface area (Å²) in [5, 5.41) is 29.5. The molecule has 2 aromatic heterocycles. The molecule has 0 saturated heterocycles. The molecular formula is C49H46N4O5. The number of aromatic nitrogens is 2. The molecule has 0 fully saturated rings. The van der Waals surface area contributed by atoms with Crippen LogP contribution in [0.4, 0.5) is 11.4 Å². The van der Waals surface area contributed by atoms with Crippen molar-refractivity contribution in [3.8, 4) is 11.5 Å². The van der Waals surface area contributed by atoms with Gasteiger partial charge in [0.25, 0.3) is 0 Å². The van der Waals surface area contributed by atoms with Crippen LogP contribution < -0.4 is 20.1 Å². The molecule has 4 atom stereocenters. The molecule has 6 N–H and O–H groups in total. The van der Waals surface area contributed by atoms with Gasteiger partial charge in [0.1, 0.15) is 11.5 Å². The average molecular weight is 771 g/mol. The predicted octanol–water partition coefficient (Wildman–Crippen LogP) is 9.79. The van der Waals surface area contributed by atoms with Gasteiger partial charge >= 0.3 is 0 Å². The summed E-state index contributed by atoms with van der Waals surface area (Å²) in [6.07, 6.45) is 3.91. The van der Waals surface area contributed by atoms with Gasteiger partial charge in [0.15, 0.2) is 5.78 Å². The second-order valence-corrected chi connectivity index (χ2v) is 14.4. The minimum atomic E-state index is -0.793. The number of hydrogen-bond donors (Lipinski definition) is 6. The van der Waals surface area contributed by atoms with Crippen molar-refractivity contribution in [2.45, 2.75) is 37.1 Å². The van der Waals surface area contributed by atoms with Crippen molar-refractivity contribution < 1.29 is 24.5 Å². The topological polar surface area (TPSA) is 132 Å². The Morgan fingerprint density at radius 1 is 0.534 bits per heavy atom. The number of carbonyl (C=O) groups is 1. The Morgan fingerprint density at radius 2 is 0.914 bits per heavy atom. The van der Waals surface area contributed by atoms with E-state index in [1.807, 2.05) is 146 Å². The molecule has 0 saturated carbocycles. The van der Waals surface area contributed by atoms with Gasteiger partial charge in [-0.2, -0.15) is 0 Å². The Morgan fingerprint density at radius 3 is 1.31 bits per heavy atom. The average Bonchev–Trinajstić information content (AvgIpc) is 3.91. The number of methoxy groups -OCH3 is 2. The number of fused-ring (bicyclic) bond motifs is 2. The number of ether oxygens (including phenoxy) is 2. The van der Waals surface area contributed by atoms with Crippen LogP contribution in [-0.2, 0) is 18.0 Å². The third-order valence-corrected chi connectivity index (χ3v) is 11.1. The number of aliphatic hydroxyl groups excluding tert-OH is 2. The molecule has 292 valence electrons. The number of anilines is 2. The van der Waals surface area contributed by atoms with Crippen LogP contribution in [0.2, 0.25) is 0 Å². The van der Waals surface area contributed by atoms with Gasteiger partial charge in [-0.1, -0.05) is 109 Å². The van der Waals surface area contributed by atoms with Crippen molar-refractivity contribution in [1.29, 1.82) is 0 Å². The fraction of sp³-hybridized carbons (Fsp3) is 0.163. The lowest BCUT2D eigenvalue weighted by atomic mass is 9.73. The zero-order valence-electron chi connectivity index (χ0n) is 32.4. The van der Waals surface area contributed by atoms with Crippen LogP contribution in [-0.4, -0.2) is 40.2 Å². The minimum absolute atomic E-state index is 0.0493. The van der Waals surface area contributed by atoms with Gasteiger partial charge in [-0.3, -0.25) is 4.79 Å². The van der Waals surface area contributed by atoms with Gasteiger partial charge in [-0.05, 0) is 69.8 Å². The maximum absolute atomic E-state index is 16.6. The largest absolute Gasteiger partial charge is 0.495 e. The second kappa shape index (κ2) is 17.1. The van der Waals surface area contributed by atoms with Crippen molar-refractivity contribution in [3.05, 3.63) is 191 Å². The molecule has 0 amide bonds. The molecule has 0 spiro atoms. The van der Waals surface area contributed by atoms with Crippen LogP contribution >= 0.6 is 0 Å². The van der Waals surface area contributed by atoms with E-state index in [4.69, 9.17) is 9.47 Å². The summed E-state index contributed by atoms with van der Waals surface area (Å²) in [5.74, 6) is -0.363. The number of nitrogens with one attached hydrogen (secondary N) is 4. The molecule has 0 aliphatic carbocycles. The van der Waals surface area contributed by atoms with Crippen molar-refractivity contribution in [2.75, 3.05) is 24.9 Å². The lowest BCUT2D eigenvalue weighted by molar-refractivity contribution is -0.122. The molecular weight excluding hydrogens is 725 g/mol. The second-order valence-electron chi connectivity index (χ2n) is 14.4. The molecule has 2 heterocycles. The zero-order chi connectivity index (χ0) is 40.0. The fourth-order valence-corrected chi connectivity index (χ4v) is 8.13. The van der Waals surface area contributed by atoms with Gasteiger partial charge in [0.05, 0.1) is 62.7 Å². The third kappa shape index (κ3) is 7.53. The monoisotopic (exact) mass is 770 g/mol. The number of hydrogen-bond acceptors (Lipinski definition) is 7. The van der Waals surface area contributed by atoms with Gasteiger partial charge in [-0.25, -0.2) is 0 Å². The van der Waals surface area contributed by atoms with E-state index in [-0.39, 0.29) is 19.0 Å². The molecule has 9 heteroatoms. The number of ketones is 1. The molecule has 0 aliphatic rings. The summed E-state index contributed by atoms with van der Waals surface area (Å²) < 4.78 is 11.7. The number of para-hydroxylation sites is 6. The highest BCUT2D eigenvalue weighted by molar-refractivity contribution is 6.01. The Labute approximate surface area is 337 Å². The first-order valence-electron chi connectivity index (χ1n) is 19.4. The van der Waals surface area contributed by atoms with Crippen LogP contribution in [0.5, 0.6) is 11.5 Å². The molecule has 58 heavy (non-hydrogen) atoms. The highest BCUT2D eigenvalue weighted by Crippen LogP contribution is 2.48. The molecule has 8 rings (SSSR count). The number of H-pyrrole nitrogens is 2. The fourth-order valence-electron chi connectivity index (χ4n) is 8.13. The lowest BCUT2D eigenvalue weighted by Gasteiger charge is -2.35. The standard InChI is InChI=1S/C49H46N4O5/c1-57-43-17-9-7-15-41(43)52-47(33-23-19-31(29-54)20-24-33)45(37-27-50-39-13-5-3-11-35(37)39)49(56)46(38-28-51-40-14-6-4-12-36(38)40)48(34-25-21-32(30-55)22-26-34)53-42-16-8-10-18-44(42)58-2/h3-28,45-48,50-55H,29-30H2,1-2H3. The Hall–Kier alpha value is -6.81. The first-order valence-corrected chi connectivity index (χ1v) is 19.4. The Kier molecular flexibility index (Phi) is 11.2. The van der Waals surface area contributed by atoms with E-state index in [9.17, 15) is 10.2 Å². The van der Waals surface area contributed by atoms with Crippen LogP contribution in [0.25, 0.3) is 21.8 Å². The van der Waals surface area contributed by atoms with Crippen LogP contribution in [0.1, 0.15) is 57.3 Å². The number of carbonyl (C=O) groups excluding carboxylic acids is 1. The van der Waals surface area contributed by atoms with Gasteiger partial charge < -0.3 is 40.3 Å². The number of Topliss-reactive ketones (excluding diaryl/α,β-unsaturated/α-hetero) is 1. The summed E-state index contributed by atoms with van der Waals surface area (Å²) in [6, 6.07) is 45.8. The zero-order valence-corrected chi connectivity index (χ0v) is 32.4. The molecule has 6 aromatic carbocycles. The molecule has 8 aromatic rings. The maximum atomic E-state index is 16.6. The van der Waals surface area contributed by atoms with E-state index in [1.54, 1.807) is 14.2 Å². The molecule has 4 unspecified atom stereocenters. The first kappa shape index (κ1) is 38.1. The highest BCUT2D eigenvalue weighted by atomic mass is 16.5. The molecule has 0 radical (unpaired) electrons. The lowest BCUT2D eigenvalue weighted by Crippen LogP contribution is -2.34. The maximum Gasteiger partial charge on any atom is 0.152 e. The smallest absolute Gasteiger partial charge is 0.152 e. The highest BCUT2D eigenvalue weighted by Gasteiger charge is 2.42. The summed E-state index contributed by atoms with van der Waals surface area (Å²) in [7, 11) is 3.27. The summed E-state index contributed by atoms with van der Waals surface area (Å²) in [5.41, 5.74) is 8.17. The van der Waals surface area contributed by atoms with Crippen LogP contribution in [0.15, 0.2) is 158 Å². The number of aromatic amines is 2. The van der Waals surface area contributed by atoms with Gasteiger partial charge in [0.2, 0.25) is 0 Å². The van der Waals surface area contributed by atoms with Crippen LogP contribution in [0, 0.1) is 0 Å². The van der Waals surface area contributed by atoms with E-state index in [1.165, 1.54) is 0 Å². The van der Waals surface area contributed by atoms with E-state index >= 15 is 4.79 Å². The molecule has 0 aliphatic heterocycles. The van der Waals surface area contributed by atoms with Crippen molar-refractivity contribution >= 4 is 39.0 Å². The summed E-state index contributed by atoms with van der Waals surface area (Å²) >= 11 is 0.